The second-order valence-corrected chi connectivity index (χ2v) is 11.7. The van der Waals surface area contributed by atoms with Gasteiger partial charge in [-0.05, 0) is 125 Å². The summed E-state index contributed by atoms with van der Waals surface area (Å²) in [6.07, 6.45) is 1.34. The number of carbonyl (C=O) groups is 3. The highest BCUT2D eigenvalue weighted by Gasteiger charge is 2.17. The Bertz CT molecular complexity index is 1540. The second-order valence-electron chi connectivity index (χ2n) is 11.7. The Balaban J connectivity index is 1.88. The molecule has 0 saturated heterocycles. The van der Waals surface area contributed by atoms with Crippen LogP contribution in [0.5, 0.6) is 0 Å². The van der Waals surface area contributed by atoms with Gasteiger partial charge in [0.2, 0.25) is 17.7 Å². The molecule has 0 unspecified atom stereocenters. The normalized spacial score (nSPS) is 10.9. The monoisotopic (exact) mass is 603 g/mol. The minimum atomic E-state index is 0.0711. The van der Waals surface area contributed by atoms with Crippen LogP contribution >= 0.6 is 0 Å². The van der Waals surface area contributed by atoms with Crippen LogP contribution in [-0.4, -0.2) is 38.9 Å². The van der Waals surface area contributed by atoms with Crippen molar-refractivity contribution >= 4 is 34.8 Å². The first kappa shape index (κ1) is 33.2. The van der Waals surface area contributed by atoms with Crippen LogP contribution in [0, 0.1) is 20.8 Å². The largest absolute Gasteiger partial charge is 0.316 e. The third kappa shape index (κ3) is 7.01. The summed E-state index contributed by atoms with van der Waals surface area (Å²) in [6, 6.07) is 25.1. The first-order valence-electron chi connectivity index (χ1n) is 15.7. The van der Waals surface area contributed by atoms with Crippen molar-refractivity contribution in [2.75, 3.05) is 35.8 Å². The van der Waals surface area contributed by atoms with Gasteiger partial charge in [0.25, 0.3) is 0 Å². The predicted molar refractivity (Wildman–Crippen MR) is 188 cm³/mol. The van der Waals surface area contributed by atoms with E-state index in [-0.39, 0.29) is 17.7 Å². The molecule has 0 aliphatic rings. The van der Waals surface area contributed by atoms with Crippen LogP contribution < -0.4 is 14.7 Å². The minimum Gasteiger partial charge on any atom is -0.316 e. The Morgan fingerprint density at radius 3 is 0.889 bits per heavy atom. The van der Waals surface area contributed by atoms with Crippen LogP contribution in [0.2, 0.25) is 0 Å². The molecule has 0 atom stereocenters. The smallest absolute Gasteiger partial charge is 0.226 e. The van der Waals surface area contributed by atoms with Gasteiger partial charge in [-0.15, -0.1) is 0 Å². The number of benzene rings is 4. The van der Waals surface area contributed by atoms with Crippen molar-refractivity contribution in [2.45, 2.75) is 60.8 Å². The maximum atomic E-state index is 12.4. The van der Waals surface area contributed by atoms with Crippen molar-refractivity contribution in [3.8, 4) is 33.4 Å². The van der Waals surface area contributed by atoms with Gasteiger partial charge in [-0.2, -0.15) is 0 Å². The Kier molecular flexibility index (Phi) is 10.3. The number of amides is 3. The van der Waals surface area contributed by atoms with E-state index in [0.717, 1.165) is 67.1 Å². The molecule has 6 heteroatoms. The molecule has 0 aliphatic carbocycles. The van der Waals surface area contributed by atoms with E-state index in [4.69, 9.17) is 0 Å². The third-order valence-electron chi connectivity index (χ3n) is 8.69. The number of aryl methyl sites for hydroxylation is 3. The van der Waals surface area contributed by atoms with E-state index in [9.17, 15) is 14.4 Å². The Hall–Kier alpha value is -4.71. The molecule has 0 spiro atoms. The molecule has 3 amide bonds. The Morgan fingerprint density at radius 2 is 0.689 bits per heavy atom. The molecule has 0 aromatic heterocycles. The number of hydrogen-bond donors (Lipinski definition) is 0. The first-order chi connectivity index (χ1) is 21.4. The highest BCUT2D eigenvalue weighted by molar-refractivity contribution is 5.95. The van der Waals surface area contributed by atoms with Gasteiger partial charge >= 0.3 is 0 Å². The molecule has 0 N–H and O–H groups in total. The maximum absolute atomic E-state index is 12.4. The third-order valence-corrected chi connectivity index (χ3v) is 8.69. The van der Waals surface area contributed by atoms with E-state index in [1.54, 1.807) is 14.7 Å². The van der Waals surface area contributed by atoms with Crippen LogP contribution in [0.1, 0.15) is 56.7 Å². The Labute approximate surface area is 268 Å². The number of nitrogens with zero attached hydrogens (tertiary/aromatic N) is 3. The highest BCUT2D eigenvalue weighted by Crippen LogP contribution is 2.38. The second kappa shape index (κ2) is 13.9. The lowest BCUT2D eigenvalue weighted by atomic mass is 9.89. The highest BCUT2D eigenvalue weighted by atomic mass is 16.2. The average molecular weight is 604 g/mol. The molecule has 45 heavy (non-hydrogen) atoms. The number of hydrogen-bond acceptors (Lipinski definition) is 3. The fourth-order valence-electron chi connectivity index (χ4n) is 5.78. The van der Waals surface area contributed by atoms with Gasteiger partial charge in [-0.25, -0.2) is 0 Å². The molecular formula is C39H45N3O3. The molecule has 0 heterocycles. The fraction of sp³-hybridized carbons (Fsp3) is 0.308. The van der Waals surface area contributed by atoms with E-state index in [1.165, 1.54) is 0 Å². The zero-order valence-electron chi connectivity index (χ0n) is 28.1. The van der Waals surface area contributed by atoms with Gasteiger partial charge in [-0.1, -0.05) is 39.0 Å². The van der Waals surface area contributed by atoms with Gasteiger partial charge in [0.1, 0.15) is 0 Å². The molecule has 0 saturated carbocycles. The summed E-state index contributed by atoms with van der Waals surface area (Å²) >= 11 is 0. The van der Waals surface area contributed by atoms with E-state index >= 15 is 0 Å². The molecule has 4 aromatic rings. The lowest BCUT2D eigenvalue weighted by Gasteiger charge is -2.21. The molecule has 6 nitrogen and oxygen atoms in total. The van der Waals surface area contributed by atoms with Crippen LogP contribution in [0.3, 0.4) is 0 Å². The van der Waals surface area contributed by atoms with E-state index in [0.29, 0.717) is 19.3 Å². The van der Waals surface area contributed by atoms with Crippen LogP contribution in [0.15, 0.2) is 72.8 Å². The lowest BCUT2D eigenvalue weighted by molar-refractivity contribution is -0.118. The molecule has 0 bridgehead atoms. The van der Waals surface area contributed by atoms with Crippen LogP contribution in [0.4, 0.5) is 17.1 Å². The predicted octanol–water partition coefficient (Wildman–Crippen LogP) is 8.73. The topological polar surface area (TPSA) is 60.9 Å². The van der Waals surface area contributed by atoms with Crippen molar-refractivity contribution in [1.82, 2.24) is 0 Å². The molecule has 4 rings (SSSR count). The zero-order valence-corrected chi connectivity index (χ0v) is 28.1. The Morgan fingerprint density at radius 1 is 0.444 bits per heavy atom. The van der Waals surface area contributed by atoms with E-state index in [1.807, 2.05) is 60.1 Å². The SMILES string of the molecule is CCC(=O)N(C)c1ccc(-c2cc(-c3ccc(N(C)C(=O)CC)cc3C)cc(-c3ccc(N(C)C(=O)CC)cc3C)c2)c(C)c1. The van der Waals surface area contributed by atoms with Gasteiger partial charge < -0.3 is 14.7 Å². The van der Waals surface area contributed by atoms with E-state index in [2.05, 4.69) is 75.4 Å². The van der Waals surface area contributed by atoms with Gasteiger partial charge in [0.05, 0.1) is 0 Å². The standard InChI is InChI=1S/C39H45N3O3/c1-10-37(43)40(7)31-13-16-34(25(4)19-31)28-22-29(35-17-14-32(20-26(35)5)41(8)38(44)11-2)24-30(23-28)36-18-15-33(21-27(36)6)42(9)39(45)12-3/h13-24H,10-12H2,1-9H3. The molecule has 0 radical (unpaired) electrons. The number of carbonyl (C=O) groups excluding carboxylic acids is 3. The van der Waals surface area contributed by atoms with Crippen molar-refractivity contribution in [3.05, 3.63) is 89.5 Å². The van der Waals surface area contributed by atoms with E-state index < -0.39 is 0 Å². The summed E-state index contributed by atoms with van der Waals surface area (Å²) in [5.41, 5.74) is 12.3. The molecular weight excluding hydrogens is 558 g/mol. The molecule has 0 aliphatic heterocycles. The maximum Gasteiger partial charge on any atom is 0.226 e. The first-order valence-corrected chi connectivity index (χ1v) is 15.7. The summed E-state index contributed by atoms with van der Waals surface area (Å²) in [6.45, 7) is 11.9. The van der Waals surface area contributed by atoms with Crippen LogP contribution in [0.25, 0.3) is 33.4 Å². The number of anilines is 3. The van der Waals surface area contributed by atoms with Gasteiger partial charge in [0, 0.05) is 57.5 Å². The quantitative estimate of drug-likeness (QED) is 0.192. The van der Waals surface area contributed by atoms with Crippen LogP contribution in [-0.2, 0) is 14.4 Å². The zero-order chi connectivity index (χ0) is 33.0. The summed E-state index contributed by atoms with van der Waals surface area (Å²) in [7, 11) is 5.44. The summed E-state index contributed by atoms with van der Waals surface area (Å²) in [5.74, 6) is 0.213. The number of rotatable bonds is 9. The summed E-state index contributed by atoms with van der Waals surface area (Å²) in [4.78, 5) is 42.2. The van der Waals surface area contributed by atoms with Crippen molar-refractivity contribution in [2.24, 2.45) is 0 Å². The molecule has 0 fully saturated rings. The summed E-state index contributed by atoms with van der Waals surface area (Å²) < 4.78 is 0. The van der Waals surface area contributed by atoms with Crippen molar-refractivity contribution in [1.29, 1.82) is 0 Å². The summed E-state index contributed by atoms with van der Waals surface area (Å²) in [5, 5.41) is 0. The molecule has 234 valence electrons. The lowest BCUT2D eigenvalue weighted by Crippen LogP contribution is -2.25. The average Bonchev–Trinajstić information content (AvgIpc) is 3.05. The van der Waals surface area contributed by atoms with Crippen molar-refractivity contribution < 1.29 is 14.4 Å². The minimum absolute atomic E-state index is 0.0711. The van der Waals surface area contributed by atoms with Gasteiger partial charge in [0.15, 0.2) is 0 Å². The van der Waals surface area contributed by atoms with Gasteiger partial charge in [-0.3, -0.25) is 14.4 Å². The molecule has 4 aromatic carbocycles. The fourth-order valence-corrected chi connectivity index (χ4v) is 5.78. The van der Waals surface area contributed by atoms with Crippen molar-refractivity contribution in [3.63, 3.8) is 0 Å².